The van der Waals surface area contributed by atoms with Gasteiger partial charge in [-0.1, -0.05) is 6.07 Å². The number of carboxylic acids is 1. The average Bonchev–Trinajstić information content (AvgIpc) is 3.12. The van der Waals surface area contributed by atoms with Gasteiger partial charge in [-0.25, -0.2) is 9.78 Å². The number of hydrogen-bond donors (Lipinski definition) is 2. The largest absolute Gasteiger partial charge is 0.496 e. The summed E-state index contributed by atoms with van der Waals surface area (Å²) >= 11 is 1.62. The van der Waals surface area contributed by atoms with Crippen LogP contribution in [0, 0.1) is 6.92 Å². The number of pyridine rings is 1. The van der Waals surface area contributed by atoms with E-state index in [1.807, 2.05) is 42.6 Å². The molecule has 0 saturated carbocycles. The number of carboxylic acid groups (broad SMARTS) is 1. The van der Waals surface area contributed by atoms with Crippen LogP contribution in [0.4, 0.5) is 11.5 Å². The molecule has 0 aliphatic rings. The Morgan fingerprint density at radius 2 is 2.00 bits per heavy atom. The third-order valence-corrected chi connectivity index (χ3v) is 5.25. The first-order valence-electron chi connectivity index (χ1n) is 8.03. The molecule has 4 rings (SSSR count). The maximum absolute atomic E-state index is 11.3. The van der Waals surface area contributed by atoms with E-state index in [1.165, 1.54) is 0 Å². The summed E-state index contributed by atoms with van der Waals surface area (Å²) in [7, 11) is 1.65. The average molecular weight is 364 g/mol. The zero-order valence-electron chi connectivity index (χ0n) is 14.2. The third-order valence-electron chi connectivity index (χ3n) is 4.30. The first-order valence-corrected chi connectivity index (χ1v) is 8.90. The number of nitrogens with zero attached hydrogens (tertiary/aromatic N) is 1. The molecule has 2 aromatic heterocycles. The molecule has 130 valence electrons. The van der Waals surface area contributed by atoms with E-state index in [0.717, 1.165) is 32.5 Å². The molecular formula is C20H16N2O3S. The lowest BCUT2D eigenvalue weighted by Crippen LogP contribution is -1.99. The van der Waals surface area contributed by atoms with Crippen molar-refractivity contribution in [3.05, 3.63) is 59.0 Å². The van der Waals surface area contributed by atoms with Gasteiger partial charge >= 0.3 is 5.97 Å². The number of methoxy groups -OCH3 is 1. The highest BCUT2D eigenvalue weighted by atomic mass is 32.1. The second-order valence-corrected chi connectivity index (χ2v) is 6.89. The van der Waals surface area contributed by atoms with Crippen molar-refractivity contribution in [3.8, 4) is 5.75 Å². The highest BCUT2D eigenvalue weighted by molar-refractivity contribution is 7.18. The predicted octanol–water partition coefficient (Wildman–Crippen LogP) is 5.21. The predicted molar refractivity (Wildman–Crippen MR) is 105 cm³/mol. The van der Waals surface area contributed by atoms with Crippen LogP contribution in [0.2, 0.25) is 0 Å². The molecule has 2 heterocycles. The van der Waals surface area contributed by atoms with E-state index >= 15 is 0 Å². The topological polar surface area (TPSA) is 71.5 Å². The van der Waals surface area contributed by atoms with E-state index in [1.54, 1.807) is 30.6 Å². The molecular weight excluding hydrogens is 348 g/mol. The van der Waals surface area contributed by atoms with Crippen molar-refractivity contribution < 1.29 is 14.6 Å². The molecule has 0 saturated heterocycles. The van der Waals surface area contributed by atoms with Gasteiger partial charge in [-0.05, 0) is 54.3 Å². The number of rotatable bonds is 4. The van der Waals surface area contributed by atoms with Gasteiger partial charge < -0.3 is 15.2 Å². The van der Waals surface area contributed by atoms with Gasteiger partial charge in [0.1, 0.15) is 11.6 Å². The van der Waals surface area contributed by atoms with Crippen LogP contribution in [0.3, 0.4) is 0 Å². The number of fused-ring (bicyclic) bond motifs is 3. The number of carbonyl (C=O) groups is 1. The van der Waals surface area contributed by atoms with Gasteiger partial charge in [0.25, 0.3) is 0 Å². The minimum Gasteiger partial charge on any atom is -0.496 e. The number of thiophene rings is 1. The molecule has 0 radical (unpaired) electrons. The minimum absolute atomic E-state index is 0.229. The first kappa shape index (κ1) is 16.4. The van der Waals surface area contributed by atoms with Gasteiger partial charge in [0.2, 0.25) is 0 Å². The van der Waals surface area contributed by atoms with Crippen molar-refractivity contribution in [3.63, 3.8) is 0 Å². The number of aryl methyl sites for hydroxylation is 1. The fraction of sp³-hybridized carbons (Fsp3) is 0.100. The SMILES string of the molecule is COc1ccc(Nc2nc3cc(C(=O)O)ccc3c3sccc23)cc1C. The zero-order chi connectivity index (χ0) is 18.3. The molecule has 5 nitrogen and oxygen atoms in total. The zero-order valence-corrected chi connectivity index (χ0v) is 15.1. The quantitative estimate of drug-likeness (QED) is 0.520. The van der Waals surface area contributed by atoms with E-state index in [-0.39, 0.29) is 5.56 Å². The van der Waals surface area contributed by atoms with Gasteiger partial charge in [0, 0.05) is 21.2 Å². The van der Waals surface area contributed by atoms with Crippen LogP contribution in [-0.2, 0) is 0 Å². The van der Waals surface area contributed by atoms with Crippen molar-refractivity contribution in [2.24, 2.45) is 0 Å². The first-order chi connectivity index (χ1) is 12.6. The normalized spacial score (nSPS) is 11.0. The van der Waals surface area contributed by atoms with Crippen molar-refractivity contribution in [2.45, 2.75) is 6.92 Å². The number of aromatic carboxylic acids is 1. The minimum atomic E-state index is -0.958. The van der Waals surface area contributed by atoms with Gasteiger partial charge in [0.15, 0.2) is 0 Å². The van der Waals surface area contributed by atoms with Crippen LogP contribution >= 0.6 is 11.3 Å². The second kappa shape index (κ2) is 6.31. The molecule has 0 fully saturated rings. The van der Waals surface area contributed by atoms with Crippen LogP contribution in [-0.4, -0.2) is 23.2 Å². The number of hydrogen-bond acceptors (Lipinski definition) is 5. The lowest BCUT2D eigenvalue weighted by Gasteiger charge is -2.12. The van der Waals surface area contributed by atoms with E-state index < -0.39 is 5.97 Å². The number of nitrogens with one attached hydrogen (secondary N) is 1. The summed E-state index contributed by atoms with van der Waals surface area (Å²) in [5.41, 5.74) is 2.81. The van der Waals surface area contributed by atoms with E-state index in [2.05, 4.69) is 10.3 Å². The van der Waals surface area contributed by atoms with Crippen LogP contribution < -0.4 is 10.1 Å². The molecule has 26 heavy (non-hydrogen) atoms. The maximum Gasteiger partial charge on any atom is 0.335 e. The maximum atomic E-state index is 11.3. The Bertz CT molecular complexity index is 1150. The van der Waals surface area contributed by atoms with E-state index in [9.17, 15) is 9.90 Å². The summed E-state index contributed by atoms with van der Waals surface area (Å²) in [4.78, 5) is 16.0. The molecule has 2 aromatic carbocycles. The van der Waals surface area contributed by atoms with E-state index in [4.69, 9.17) is 4.74 Å². The molecule has 0 spiro atoms. The molecule has 0 bridgehead atoms. The summed E-state index contributed by atoms with van der Waals surface area (Å²) < 4.78 is 6.39. The van der Waals surface area contributed by atoms with Crippen LogP contribution in [0.25, 0.3) is 21.0 Å². The lowest BCUT2D eigenvalue weighted by atomic mass is 10.1. The fourth-order valence-electron chi connectivity index (χ4n) is 3.02. The third kappa shape index (κ3) is 2.74. The molecule has 0 aliphatic carbocycles. The Morgan fingerprint density at radius 1 is 1.15 bits per heavy atom. The van der Waals surface area contributed by atoms with Crippen molar-refractivity contribution in [1.82, 2.24) is 4.98 Å². The Balaban J connectivity index is 1.86. The van der Waals surface area contributed by atoms with Crippen LogP contribution in [0.15, 0.2) is 47.8 Å². The molecule has 4 aromatic rings. The molecule has 0 atom stereocenters. The van der Waals surface area contributed by atoms with Gasteiger partial charge in [-0.15, -0.1) is 11.3 Å². The Labute approximate surface area is 153 Å². The Kier molecular flexibility index (Phi) is 3.97. The van der Waals surface area contributed by atoms with Gasteiger partial charge in [-0.2, -0.15) is 0 Å². The lowest BCUT2D eigenvalue weighted by molar-refractivity contribution is 0.0697. The highest BCUT2D eigenvalue weighted by Gasteiger charge is 2.12. The molecule has 2 N–H and O–H groups in total. The molecule has 0 amide bonds. The second-order valence-electron chi connectivity index (χ2n) is 5.97. The summed E-state index contributed by atoms with van der Waals surface area (Å²) in [6.45, 7) is 1.98. The summed E-state index contributed by atoms with van der Waals surface area (Å²) in [6.07, 6.45) is 0. The molecule has 0 unspecified atom stereocenters. The molecule has 6 heteroatoms. The van der Waals surface area contributed by atoms with Crippen molar-refractivity contribution >= 4 is 49.8 Å². The van der Waals surface area contributed by atoms with E-state index in [0.29, 0.717) is 11.3 Å². The summed E-state index contributed by atoms with van der Waals surface area (Å²) in [6, 6.07) is 12.9. The molecule has 0 aliphatic heterocycles. The van der Waals surface area contributed by atoms with Gasteiger partial charge in [-0.3, -0.25) is 0 Å². The highest BCUT2D eigenvalue weighted by Crippen LogP contribution is 2.35. The number of aromatic nitrogens is 1. The summed E-state index contributed by atoms with van der Waals surface area (Å²) in [5.74, 6) is 0.579. The van der Waals surface area contributed by atoms with Gasteiger partial charge in [0.05, 0.1) is 18.2 Å². The Hall–Kier alpha value is -3.12. The van der Waals surface area contributed by atoms with Crippen molar-refractivity contribution in [2.75, 3.05) is 12.4 Å². The van der Waals surface area contributed by atoms with Crippen molar-refractivity contribution in [1.29, 1.82) is 0 Å². The number of anilines is 2. The smallest absolute Gasteiger partial charge is 0.335 e. The van der Waals surface area contributed by atoms with Crippen LogP contribution in [0.1, 0.15) is 15.9 Å². The standard InChI is InChI=1S/C20H16N2O3S/c1-11-9-13(4-6-17(11)25-2)21-19-15-7-8-26-18(15)14-5-3-12(20(23)24)10-16(14)22-19/h3-10H,1-2H3,(H,21,22)(H,23,24). The number of ether oxygens (including phenoxy) is 1. The van der Waals surface area contributed by atoms with Crippen LogP contribution in [0.5, 0.6) is 5.75 Å². The fourth-order valence-corrected chi connectivity index (χ4v) is 3.95. The summed E-state index contributed by atoms with van der Waals surface area (Å²) in [5, 5.41) is 16.6. The number of benzene rings is 2. The monoisotopic (exact) mass is 364 g/mol. The Morgan fingerprint density at radius 3 is 2.73 bits per heavy atom.